The SMILES string of the molecule is CCCCSc1nsnc1C1=CCCN(C)C1.O=C(O)C(=O)O. The normalized spacial score (nSPS) is 14.6. The van der Waals surface area contributed by atoms with E-state index in [1.807, 2.05) is 11.8 Å². The van der Waals surface area contributed by atoms with Gasteiger partial charge in [0.1, 0.15) is 10.7 Å². The molecule has 1 aromatic heterocycles. The van der Waals surface area contributed by atoms with Crippen molar-refractivity contribution in [3.8, 4) is 0 Å². The number of nitrogens with zero attached hydrogens (tertiary/aromatic N) is 3. The molecule has 0 saturated heterocycles. The van der Waals surface area contributed by atoms with E-state index < -0.39 is 11.9 Å². The van der Waals surface area contributed by atoms with E-state index >= 15 is 0 Å². The molecule has 128 valence electrons. The summed E-state index contributed by atoms with van der Waals surface area (Å²) in [6, 6.07) is 0. The molecule has 0 bridgehead atoms. The summed E-state index contributed by atoms with van der Waals surface area (Å²) in [4.78, 5) is 20.5. The fourth-order valence-electron chi connectivity index (χ4n) is 1.85. The Labute approximate surface area is 143 Å². The Morgan fingerprint density at radius 3 is 2.61 bits per heavy atom. The molecule has 2 N–H and O–H groups in total. The van der Waals surface area contributed by atoms with E-state index in [4.69, 9.17) is 19.8 Å². The Hall–Kier alpha value is -1.45. The quantitative estimate of drug-likeness (QED) is 0.469. The summed E-state index contributed by atoms with van der Waals surface area (Å²) in [5, 5.41) is 15.9. The fraction of sp³-hybridized carbons (Fsp3) is 0.571. The average Bonchev–Trinajstić information content (AvgIpc) is 2.96. The minimum Gasteiger partial charge on any atom is -0.473 e. The van der Waals surface area contributed by atoms with Crippen molar-refractivity contribution in [2.75, 3.05) is 25.9 Å². The van der Waals surface area contributed by atoms with Crippen LogP contribution in [0.4, 0.5) is 0 Å². The van der Waals surface area contributed by atoms with E-state index in [0.29, 0.717) is 0 Å². The first kappa shape index (κ1) is 19.6. The number of unbranched alkanes of at least 4 members (excludes halogenated alkanes) is 1. The van der Waals surface area contributed by atoms with Crippen molar-refractivity contribution in [1.82, 2.24) is 13.6 Å². The van der Waals surface area contributed by atoms with Crippen LogP contribution in [0, 0.1) is 0 Å². The second-order valence-electron chi connectivity index (χ2n) is 4.99. The topological polar surface area (TPSA) is 104 Å². The Kier molecular flexibility index (Phi) is 8.82. The molecule has 9 heteroatoms. The molecule has 0 radical (unpaired) electrons. The molecule has 0 aromatic carbocycles. The number of hydrogen-bond donors (Lipinski definition) is 2. The highest BCUT2D eigenvalue weighted by molar-refractivity contribution is 7.99. The molecule has 1 aromatic rings. The fourth-order valence-corrected chi connectivity index (χ4v) is 3.64. The minimum absolute atomic E-state index is 1.01. The third kappa shape index (κ3) is 7.10. The molecule has 1 aliphatic heterocycles. The first-order valence-electron chi connectivity index (χ1n) is 7.25. The summed E-state index contributed by atoms with van der Waals surface area (Å²) >= 11 is 3.19. The molecule has 2 heterocycles. The van der Waals surface area contributed by atoms with Gasteiger partial charge >= 0.3 is 11.9 Å². The Bertz CT molecular complexity index is 548. The van der Waals surface area contributed by atoms with Gasteiger partial charge in [-0.3, -0.25) is 0 Å². The monoisotopic (exact) mass is 359 g/mol. The van der Waals surface area contributed by atoms with E-state index in [9.17, 15) is 0 Å². The lowest BCUT2D eigenvalue weighted by molar-refractivity contribution is -0.159. The molecule has 2 rings (SSSR count). The molecule has 0 unspecified atom stereocenters. The third-order valence-electron chi connectivity index (χ3n) is 3.02. The van der Waals surface area contributed by atoms with E-state index in [2.05, 4.69) is 33.7 Å². The van der Waals surface area contributed by atoms with Crippen LogP contribution in [0.15, 0.2) is 11.1 Å². The molecule has 0 amide bonds. The number of thioether (sulfide) groups is 1. The van der Waals surface area contributed by atoms with Gasteiger partial charge < -0.3 is 15.1 Å². The zero-order valence-electron chi connectivity index (χ0n) is 13.2. The van der Waals surface area contributed by atoms with Crippen LogP contribution in [-0.4, -0.2) is 61.7 Å². The third-order valence-corrected chi connectivity index (χ3v) is 4.72. The summed E-state index contributed by atoms with van der Waals surface area (Å²) in [5.74, 6) is -2.50. The first-order valence-corrected chi connectivity index (χ1v) is 8.96. The molecule has 0 spiro atoms. The van der Waals surface area contributed by atoms with Crippen molar-refractivity contribution >= 4 is 41.0 Å². The molecule has 1 aliphatic rings. The van der Waals surface area contributed by atoms with E-state index in [1.54, 1.807) is 0 Å². The maximum atomic E-state index is 9.10. The van der Waals surface area contributed by atoms with Crippen LogP contribution in [0.1, 0.15) is 31.9 Å². The van der Waals surface area contributed by atoms with Crippen LogP contribution in [0.25, 0.3) is 5.57 Å². The largest absolute Gasteiger partial charge is 0.473 e. The number of carbonyl (C=O) groups is 2. The van der Waals surface area contributed by atoms with E-state index in [-0.39, 0.29) is 0 Å². The lowest BCUT2D eigenvalue weighted by Crippen LogP contribution is -2.25. The molecule has 0 fully saturated rings. The molecule has 23 heavy (non-hydrogen) atoms. The molecular formula is C14H21N3O4S2. The van der Waals surface area contributed by atoms with Crippen molar-refractivity contribution < 1.29 is 19.8 Å². The number of carboxylic acid groups (broad SMARTS) is 2. The second kappa shape index (κ2) is 10.3. The summed E-state index contributed by atoms with van der Waals surface area (Å²) in [6.07, 6.45) is 5.94. The number of aromatic nitrogens is 2. The van der Waals surface area contributed by atoms with Crippen LogP contribution in [-0.2, 0) is 9.59 Å². The van der Waals surface area contributed by atoms with Crippen molar-refractivity contribution in [2.45, 2.75) is 31.2 Å². The Morgan fingerprint density at radius 1 is 1.35 bits per heavy atom. The number of likely N-dealkylation sites (N-methyl/N-ethyl adjacent to an activating group) is 1. The van der Waals surface area contributed by atoms with Crippen molar-refractivity contribution in [2.24, 2.45) is 0 Å². The lowest BCUT2D eigenvalue weighted by atomic mass is 10.1. The van der Waals surface area contributed by atoms with Crippen LogP contribution in [0.3, 0.4) is 0 Å². The number of rotatable bonds is 5. The van der Waals surface area contributed by atoms with Gasteiger partial charge in [-0.05, 0) is 31.2 Å². The highest BCUT2D eigenvalue weighted by Gasteiger charge is 2.17. The lowest BCUT2D eigenvalue weighted by Gasteiger charge is -2.22. The second-order valence-corrected chi connectivity index (χ2v) is 6.60. The van der Waals surface area contributed by atoms with E-state index in [1.165, 1.54) is 30.1 Å². The number of hydrogen-bond acceptors (Lipinski definition) is 7. The van der Waals surface area contributed by atoms with Gasteiger partial charge in [0.15, 0.2) is 0 Å². The molecular weight excluding hydrogens is 338 g/mol. The van der Waals surface area contributed by atoms with Gasteiger partial charge in [-0.1, -0.05) is 19.4 Å². The van der Waals surface area contributed by atoms with Gasteiger partial charge in [0.05, 0.1) is 11.7 Å². The average molecular weight is 359 g/mol. The molecule has 7 nitrogen and oxygen atoms in total. The van der Waals surface area contributed by atoms with Crippen molar-refractivity contribution in [3.63, 3.8) is 0 Å². The van der Waals surface area contributed by atoms with Gasteiger partial charge in [0, 0.05) is 13.1 Å². The minimum atomic E-state index is -1.82. The number of aliphatic carboxylic acids is 2. The molecule has 0 atom stereocenters. The predicted molar refractivity (Wildman–Crippen MR) is 90.9 cm³/mol. The van der Waals surface area contributed by atoms with Crippen molar-refractivity contribution in [3.05, 3.63) is 11.8 Å². The highest BCUT2D eigenvalue weighted by atomic mass is 32.2. The Balaban J connectivity index is 0.000000379. The summed E-state index contributed by atoms with van der Waals surface area (Å²) in [6.45, 7) is 4.38. The maximum Gasteiger partial charge on any atom is 0.414 e. The van der Waals surface area contributed by atoms with Crippen LogP contribution in [0.5, 0.6) is 0 Å². The van der Waals surface area contributed by atoms with Gasteiger partial charge in [-0.2, -0.15) is 8.75 Å². The zero-order valence-corrected chi connectivity index (χ0v) is 14.8. The Morgan fingerprint density at radius 2 is 2.04 bits per heavy atom. The molecule has 0 saturated carbocycles. The van der Waals surface area contributed by atoms with E-state index in [0.717, 1.165) is 36.0 Å². The highest BCUT2D eigenvalue weighted by Crippen LogP contribution is 2.29. The van der Waals surface area contributed by atoms with Gasteiger partial charge in [-0.25, -0.2) is 9.59 Å². The summed E-state index contributed by atoms with van der Waals surface area (Å²) < 4.78 is 8.89. The van der Waals surface area contributed by atoms with Crippen molar-refractivity contribution in [1.29, 1.82) is 0 Å². The van der Waals surface area contributed by atoms with Crippen LogP contribution in [0.2, 0.25) is 0 Å². The van der Waals surface area contributed by atoms with Crippen LogP contribution >= 0.6 is 23.5 Å². The van der Waals surface area contributed by atoms with Gasteiger partial charge in [0.25, 0.3) is 0 Å². The zero-order chi connectivity index (χ0) is 17.2. The van der Waals surface area contributed by atoms with Gasteiger partial charge in [-0.15, -0.1) is 11.8 Å². The number of carboxylic acids is 2. The standard InChI is InChI=1S/C12H19N3S2.C2H2O4/c1-3-4-8-16-12-11(13-17-14-12)10-6-5-7-15(2)9-10;3-1(4)2(5)6/h6H,3-5,7-9H2,1-2H3;(H,3,4)(H,5,6). The van der Waals surface area contributed by atoms with Gasteiger partial charge in [0.2, 0.25) is 0 Å². The predicted octanol–water partition coefficient (Wildman–Crippen LogP) is 2.30. The maximum absolute atomic E-state index is 9.10. The summed E-state index contributed by atoms with van der Waals surface area (Å²) in [5.41, 5.74) is 2.48. The smallest absolute Gasteiger partial charge is 0.414 e. The first-order chi connectivity index (χ1) is 11.0. The molecule has 0 aliphatic carbocycles. The summed E-state index contributed by atoms with van der Waals surface area (Å²) in [7, 11) is 2.16. The van der Waals surface area contributed by atoms with Crippen LogP contribution < -0.4 is 0 Å².